The normalized spacial score (nSPS) is 14.6. The van der Waals surface area contributed by atoms with Gasteiger partial charge in [-0.2, -0.15) is 0 Å². The third kappa shape index (κ3) is 9.06. The van der Waals surface area contributed by atoms with Crippen molar-refractivity contribution in [2.24, 2.45) is 0 Å². The fourth-order valence-corrected chi connectivity index (χ4v) is 2.50. The van der Waals surface area contributed by atoms with Crippen molar-refractivity contribution in [3.63, 3.8) is 0 Å². The quantitative estimate of drug-likeness (QED) is 0.573. The molecule has 0 saturated carbocycles. The van der Waals surface area contributed by atoms with E-state index in [9.17, 15) is 0 Å². The molecule has 2 heterocycles. The highest BCUT2D eigenvalue weighted by molar-refractivity contribution is 5.45. The van der Waals surface area contributed by atoms with E-state index >= 15 is 0 Å². The molecule has 0 unspecified atom stereocenters. The summed E-state index contributed by atoms with van der Waals surface area (Å²) in [6.45, 7) is 22.9. The standard InChI is InChI=1S/C16H24N2O.3C2H6/c1-4-12-19-16(5-2)8-10-18(11-9-16)15-7-6-14(3)17-13-15;3*1-2/h5-7,13H,2,4,8-12H2,1,3H3;3*1-2H3. The highest BCUT2D eigenvalue weighted by atomic mass is 16.5. The molecule has 0 bridgehead atoms. The van der Waals surface area contributed by atoms with Gasteiger partial charge >= 0.3 is 0 Å². The molecule has 25 heavy (non-hydrogen) atoms. The van der Waals surface area contributed by atoms with E-state index in [2.05, 4.69) is 35.5 Å². The van der Waals surface area contributed by atoms with Gasteiger partial charge in [0.2, 0.25) is 0 Å². The predicted octanol–water partition coefficient (Wildman–Crippen LogP) is 6.42. The molecule has 1 fully saturated rings. The molecule has 0 aromatic carbocycles. The molecule has 1 saturated heterocycles. The van der Waals surface area contributed by atoms with Gasteiger partial charge < -0.3 is 9.64 Å². The van der Waals surface area contributed by atoms with E-state index in [0.29, 0.717) is 0 Å². The molecule has 0 spiro atoms. The second-order valence-electron chi connectivity index (χ2n) is 5.26. The van der Waals surface area contributed by atoms with Crippen LogP contribution in [0, 0.1) is 6.92 Å². The summed E-state index contributed by atoms with van der Waals surface area (Å²) in [6.07, 6.45) is 7.02. The number of ether oxygens (including phenoxy) is 1. The van der Waals surface area contributed by atoms with Gasteiger partial charge in [0.05, 0.1) is 17.5 Å². The minimum Gasteiger partial charge on any atom is -0.371 e. The zero-order valence-corrected chi connectivity index (χ0v) is 18.1. The first-order chi connectivity index (χ1) is 12.2. The highest BCUT2D eigenvalue weighted by Crippen LogP contribution is 2.30. The van der Waals surface area contributed by atoms with Gasteiger partial charge in [0.15, 0.2) is 0 Å². The fraction of sp³-hybridized carbons (Fsp3) is 0.682. The zero-order chi connectivity index (χ0) is 19.7. The van der Waals surface area contributed by atoms with Crippen LogP contribution in [0.1, 0.15) is 73.4 Å². The fourth-order valence-electron chi connectivity index (χ4n) is 2.50. The summed E-state index contributed by atoms with van der Waals surface area (Å²) in [5, 5.41) is 0. The second kappa shape index (κ2) is 16.1. The minimum atomic E-state index is -0.120. The number of piperidine rings is 1. The summed E-state index contributed by atoms with van der Waals surface area (Å²) >= 11 is 0. The predicted molar refractivity (Wildman–Crippen MR) is 114 cm³/mol. The first kappa shape index (κ1) is 25.9. The minimum absolute atomic E-state index is 0.120. The van der Waals surface area contributed by atoms with Gasteiger partial charge in [0, 0.05) is 25.4 Å². The Morgan fingerprint density at radius 3 is 2.08 bits per heavy atom. The summed E-state index contributed by atoms with van der Waals surface area (Å²) < 4.78 is 6.01. The van der Waals surface area contributed by atoms with Crippen molar-refractivity contribution in [3.8, 4) is 0 Å². The Morgan fingerprint density at radius 2 is 1.68 bits per heavy atom. The van der Waals surface area contributed by atoms with Crippen molar-refractivity contribution < 1.29 is 4.74 Å². The van der Waals surface area contributed by atoms with Crippen LogP contribution in [-0.4, -0.2) is 30.3 Å². The van der Waals surface area contributed by atoms with Gasteiger partial charge in [0.1, 0.15) is 0 Å². The van der Waals surface area contributed by atoms with E-state index in [1.807, 2.05) is 60.7 Å². The van der Waals surface area contributed by atoms with Gasteiger partial charge in [-0.3, -0.25) is 4.98 Å². The van der Waals surface area contributed by atoms with Crippen LogP contribution < -0.4 is 4.90 Å². The van der Waals surface area contributed by atoms with E-state index < -0.39 is 0 Å². The number of pyridine rings is 1. The highest BCUT2D eigenvalue weighted by Gasteiger charge is 2.32. The van der Waals surface area contributed by atoms with Crippen LogP contribution in [-0.2, 0) is 4.74 Å². The topological polar surface area (TPSA) is 25.4 Å². The molecule has 1 aromatic rings. The summed E-state index contributed by atoms with van der Waals surface area (Å²) in [7, 11) is 0. The lowest BCUT2D eigenvalue weighted by Gasteiger charge is -2.40. The molecule has 0 amide bonds. The van der Waals surface area contributed by atoms with Crippen LogP contribution in [0.3, 0.4) is 0 Å². The molecule has 0 aliphatic carbocycles. The maximum atomic E-state index is 6.01. The molecule has 1 aromatic heterocycles. The van der Waals surface area contributed by atoms with Crippen molar-refractivity contribution in [1.29, 1.82) is 0 Å². The molecular weight excluding hydrogens is 308 g/mol. The molecule has 1 aliphatic rings. The molecule has 1 aliphatic heterocycles. The Hall–Kier alpha value is -1.35. The Balaban J connectivity index is 0. The third-order valence-electron chi connectivity index (χ3n) is 3.84. The molecule has 146 valence electrons. The van der Waals surface area contributed by atoms with Crippen molar-refractivity contribution in [1.82, 2.24) is 4.98 Å². The monoisotopic (exact) mass is 350 g/mol. The van der Waals surface area contributed by atoms with Crippen molar-refractivity contribution in [2.45, 2.75) is 80.3 Å². The van der Waals surface area contributed by atoms with Gasteiger partial charge in [-0.05, 0) is 38.3 Å². The van der Waals surface area contributed by atoms with E-state index in [0.717, 1.165) is 44.7 Å². The van der Waals surface area contributed by atoms with Crippen LogP contribution >= 0.6 is 0 Å². The number of aromatic nitrogens is 1. The van der Waals surface area contributed by atoms with Crippen molar-refractivity contribution in [3.05, 3.63) is 36.7 Å². The smallest absolute Gasteiger partial charge is 0.0893 e. The van der Waals surface area contributed by atoms with Gasteiger partial charge in [0.25, 0.3) is 0 Å². The van der Waals surface area contributed by atoms with E-state index in [1.165, 1.54) is 5.69 Å². The number of anilines is 1. The number of nitrogens with zero attached hydrogens (tertiary/aromatic N) is 2. The molecule has 3 nitrogen and oxygen atoms in total. The van der Waals surface area contributed by atoms with E-state index in [4.69, 9.17) is 4.74 Å². The van der Waals surface area contributed by atoms with Crippen LogP contribution in [0.15, 0.2) is 31.0 Å². The van der Waals surface area contributed by atoms with E-state index in [1.54, 1.807) is 0 Å². The Bertz CT molecular complexity index is 407. The average molecular weight is 351 g/mol. The SMILES string of the molecule is C=CC1(OCCC)CCN(c2ccc(C)nc2)CC1.CC.CC.CC. The Kier molecular flexibility index (Phi) is 16.7. The summed E-state index contributed by atoms with van der Waals surface area (Å²) in [6, 6.07) is 4.22. The van der Waals surface area contributed by atoms with E-state index in [-0.39, 0.29) is 5.60 Å². The van der Waals surface area contributed by atoms with Gasteiger partial charge in [-0.15, -0.1) is 6.58 Å². The first-order valence-corrected chi connectivity index (χ1v) is 10.1. The zero-order valence-electron chi connectivity index (χ0n) is 18.1. The lowest BCUT2D eigenvalue weighted by Crippen LogP contribution is -2.45. The number of hydrogen-bond donors (Lipinski definition) is 0. The van der Waals surface area contributed by atoms with Crippen molar-refractivity contribution >= 4 is 5.69 Å². The molecule has 2 rings (SSSR count). The molecule has 0 N–H and O–H groups in total. The number of aryl methyl sites for hydroxylation is 1. The van der Waals surface area contributed by atoms with Gasteiger partial charge in [-0.1, -0.05) is 54.5 Å². The third-order valence-corrected chi connectivity index (χ3v) is 3.84. The Labute approximate surface area is 157 Å². The van der Waals surface area contributed by atoms with Crippen LogP contribution in [0.25, 0.3) is 0 Å². The van der Waals surface area contributed by atoms with Crippen molar-refractivity contribution in [2.75, 3.05) is 24.6 Å². The summed E-state index contributed by atoms with van der Waals surface area (Å²) in [4.78, 5) is 6.75. The van der Waals surface area contributed by atoms with Crippen LogP contribution in [0.2, 0.25) is 0 Å². The van der Waals surface area contributed by atoms with Gasteiger partial charge in [-0.25, -0.2) is 0 Å². The molecule has 3 heteroatoms. The molecular formula is C22H42N2O. The second-order valence-corrected chi connectivity index (χ2v) is 5.26. The number of rotatable bonds is 5. The Morgan fingerprint density at radius 1 is 1.12 bits per heavy atom. The maximum Gasteiger partial charge on any atom is 0.0893 e. The summed E-state index contributed by atoms with van der Waals surface area (Å²) in [5.74, 6) is 0. The first-order valence-electron chi connectivity index (χ1n) is 10.1. The lowest BCUT2D eigenvalue weighted by molar-refractivity contribution is -0.0243. The molecule has 0 atom stereocenters. The maximum absolute atomic E-state index is 6.01. The lowest BCUT2D eigenvalue weighted by atomic mass is 9.91. The number of hydrogen-bond acceptors (Lipinski definition) is 3. The molecule has 0 radical (unpaired) electrons. The van der Waals surface area contributed by atoms with Crippen LogP contribution in [0.5, 0.6) is 0 Å². The van der Waals surface area contributed by atoms with Crippen LogP contribution in [0.4, 0.5) is 5.69 Å². The largest absolute Gasteiger partial charge is 0.371 e. The average Bonchev–Trinajstić information content (AvgIpc) is 2.72. The summed E-state index contributed by atoms with van der Waals surface area (Å²) in [5.41, 5.74) is 2.15.